The molecule has 1 aliphatic rings. The number of piperidine rings is 1. The van der Waals surface area contributed by atoms with Gasteiger partial charge in [-0.1, -0.05) is 0 Å². The number of pyridine rings is 1. The molecular weight excluding hydrogens is 260 g/mol. The highest BCUT2D eigenvalue weighted by Gasteiger charge is 2.22. The Labute approximate surface area is 126 Å². The van der Waals surface area contributed by atoms with Gasteiger partial charge < -0.3 is 15.5 Å². The predicted octanol–water partition coefficient (Wildman–Crippen LogP) is 2.66. The van der Waals surface area contributed by atoms with Gasteiger partial charge in [0.1, 0.15) is 0 Å². The molecule has 0 spiro atoms. The molecule has 2 heterocycles. The number of aromatic nitrogens is 1. The van der Waals surface area contributed by atoms with E-state index in [0.717, 1.165) is 16.8 Å². The van der Waals surface area contributed by atoms with Gasteiger partial charge in [0.2, 0.25) is 0 Å². The third kappa shape index (κ3) is 2.68. The summed E-state index contributed by atoms with van der Waals surface area (Å²) in [6, 6.07) is 6.89. The van der Waals surface area contributed by atoms with Crippen LogP contribution in [0.25, 0.3) is 10.8 Å². The minimum atomic E-state index is 0.599. The van der Waals surface area contributed by atoms with Gasteiger partial charge in [0.25, 0.3) is 0 Å². The van der Waals surface area contributed by atoms with Gasteiger partial charge >= 0.3 is 0 Å². The number of rotatable bonds is 2. The number of nitrogen functional groups attached to an aromatic ring is 1. The van der Waals surface area contributed by atoms with Crippen molar-refractivity contribution in [2.75, 3.05) is 37.8 Å². The molecule has 2 N–H and O–H groups in total. The first-order valence-corrected chi connectivity index (χ1v) is 7.62. The molecule has 0 saturated carbocycles. The van der Waals surface area contributed by atoms with Crippen LogP contribution in [0.15, 0.2) is 24.4 Å². The Morgan fingerprint density at radius 3 is 2.67 bits per heavy atom. The molecule has 1 saturated heterocycles. The van der Waals surface area contributed by atoms with E-state index in [2.05, 4.69) is 41.0 Å². The van der Waals surface area contributed by atoms with Crippen molar-refractivity contribution in [1.82, 2.24) is 9.88 Å². The Morgan fingerprint density at radius 2 is 1.95 bits per heavy atom. The highest BCUT2D eigenvalue weighted by atomic mass is 15.2. The van der Waals surface area contributed by atoms with Gasteiger partial charge in [-0.05, 0) is 58.1 Å². The molecule has 21 heavy (non-hydrogen) atoms. The summed E-state index contributed by atoms with van der Waals surface area (Å²) in [6.45, 7) is 4.37. The Kier molecular flexibility index (Phi) is 3.72. The van der Waals surface area contributed by atoms with Crippen molar-refractivity contribution in [3.05, 3.63) is 30.1 Å². The number of benzene rings is 1. The van der Waals surface area contributed by atoms with Crippen LogP contribution in [-0.2, 0) is 0 Å². The fourth-order valence-corrected chi connectivity index (χ4v) is 3.24. The van der Waals surface area contributed by atoms with E-state index in [9.17, 15) is 0 Å². The zero-order valence-corrected chi connectivity index (χ0v) is 13.1. The second-order valence-electron chi connectivity index (χ2n) is 6.19. The number of likely N-dealkylation sites (tertiary alicyclic amines) is 1. The van der Waals surface area contributed by atoms with Crippen molar-refractivity contribution < 1.29 is 0 Å². The molecule has 0 unspecified atom stereocenters. The smallest absolute Gasteiger partial charge is 0.0448 e. The Balaban J connectivity index is 1.99. The van der Waals surface area contributed by atoms with Gasteiger partial charge in [-0.15, -0.1) is 0 Å². The van der Waals surface area contributed by atoms with Crippen molar-refractivity contribution in [1.29, 1.82) is 0 Å². The van der Waals surface area contributed by atoms with Crippen molar-refractivity contribution in [2.24, 2.45) is 0 Å². The van der Waals surface area contributed by atoms with Crippen LogP contribution in [0.3, 0.4) is 0 Å². The van der Waals surface area contributed by atoms with Crippen LogP contribution in [0.2, 0.25) is 0 Å². The largest absolute Gasteiger partial charge is 0.398 e. The average Bonchev–Trinajstić information content (AvgIpc) is 2.47. The minimum absolute atomic E-state index is 0.599. The van der Waals surface area contributed by atoms with E-state index >= 15 is 0 Å². The van der Waals surface area contributed by atoms with Gasteiger partial charge in [-0.3, -0.25) is 4.98 Å². The topological polar surface area (TPSA) is 45.4 Å². The molecule has 0 amide bonds. The Hall–Kier alpha value is -1.81. The van der Waals surface area contributed by atoms with Crippen LogP contribution in [0.5, 0.6) is 0 Å². The van der Waals surface area contributed by atoms with Crippen LogP contribution in [0.4, 0.5) is 11.4 Å². The molecule has 112 valence electrons. The third-order valence-corrected chi connectivity index (χ3v) is 4.66. The lowest BCUT2D eigenvalue weighted by molar-refractivity contribution is 0.253. The van der Waals surface area contributed by atoms with E-state index in [1.807, 2.05) is 19.2 Å². The van der Waals surface area contributed by atoms with Crippen LogP contribution >= 0.6 is 0 Å². The van der Waals surface area contributed by atoms with Crippen molar-refractivity contribution >= 4 is 22.1 Å². The third-order valence-electron chi connectivity index (χ3n) is 4.66. The first kappa shape index (κ1) is 14.1. The van der Waals surface area contributed by atoms with Gasteiger partial charge in [0.15, 0.2) is 0 Å². The van der Waals surface area contributed by atoms with Crippen molar-refractivity contribution in [2.45, 2.75) is 25.8 Å². The molecular formula is C17H24N4. The summed E-state index contributed by atoms with van der Waals surface area (Å²) in [4.78, 5) is 9.21. The SMILES string of the molecule is Cc1cc2c(N(C)C3CCN(C)CC3)ccc(N)c2cn1. The van der Waals surface area contributed by atoms with Crippen molar-refractivity contribution in [3.63, 3.8) is 0 Å². The number of anilines is 2. The second-order valence-corrected chi connectivity index (χ2v) is 6.19. The van der Waals surface area contributed by atoms with Gasteiger partial charge in [-0.25, -0.2) is 0 Å². The molecule has 0 aliphatic carbocycles. The standard InChI is InChI=1S/C17H24N4/c1-12-10-14-15(11-19-12)16(18)4-5-17(14)21(3)13-6-8-20(2)9-7-13/h4-5,10-11,13H,6-9,18H2,1-3H3. The van der Waals surface area contributed by atoms with E-state index in [1.54, 1.807) is 0 Å². The van der Waals surface area contributed by atoms with Crippen LogP contribution in [0.1, 0.15) is 18.5 Å². The van der Waals surface area contributed by atoms with Crippen LogP contribution < -0.4 is 10.6 Å². The number of nitrogens with zero attached hydrogens (tertiary/aromatic N) is 3. The van der Waals surface area contributed by atoms with Gasteiger partial charge in [0.05, 0.1) is 0 Å². The lowest BCUT2D eigenvalue weighted by Crippen LogP contribution is -2.42. The maximum atomic E-state index is 6.11. The maximum absolute atomic E-state index is 6.11. The molecule has 2 aromatic rings. The number of fused-ring (bicyclic) bond motifs is 1. The molecule has 1 aromatic heterocycles. The summed E-state index contributed by atoms with van der Waals surface area (Å²) in [5.74, 6) is 0. The summed E-state index contributed by atoms with van der Waals surface area (Å²) in [7, 11) is 4.40. The minimum Gasteiger partial charge on any atom is -0.398 e. The van der Waals surface area contributed by atoms with E-state index in [1.165, 1.54) is 37.0 Å². The van der Waals surface area contributed by atoms with Crippen LogP contribution in [0, 0.1) is 6.92 Å². The van der Waals surface area contributed by atoms with E-state index in [4.69, 9.17) is 5.73 Å². The fraction of sp³-hybridized carbons (Fsp3) is 0.471. The number of aryl methyl sites for hydroxylation is 1. The number of hydrogen-bond donors (Lipinski definition) is 1. The molecule has 0 radical (unpaired) electrons. The lowest BCUT2D eigenvalue weighted by atomic mass is 10.0. The van der Waals surface area contributed by atoms with Gasteiger partial charge in [-0.2, -0.15) is 0 Å². The quantitative estimate of drug-likeness (QED) is 0.861. The van der Waals surface area contributed by atoms with E-state index in [-0.39, 0.29) is 0 Å². The summed E-state index contributed by atoms with van der Waals surface area (Å²) in [6.07, 6.45) is 4.32. The van der Waals surface area contributed by atoms with Crippen LogP contribution in [-0.4, -0.2) is 43.1 Å². The molecule has 1 aliphatic heterocycles. The first-order valence-electron chi connectivity index (χ1n) is 7.62. The summed E-state index contributed by atoms with van der Waals surface area (Å²) in [5.41, 5.74) is 9.21. The fourth-order valence-electron chi connectivity index (χ4n) is 3.24. The second kappa shape index (κ2) is 5.53. The summed E-state index contributed by atoms with van der Waals surface area (Å²) in [5, 5.41) is 2.27. The monoisotopic (exact) mass is 284 g/mol. The first-order chi connectivity index (χ1) is 10.1. The molecule has 1 fully saturated rings. The maximum Gasteiger partial charge on any atom is 0.0448 e. The normalized spacial score (nSPS) is 17.3. The highest BCUT2D eigenvalue weighted by molar-refractivity contribution is 6.01. The van der Waals surface area contributed by atoms with Crippen molar-refractivity contribution in [3.8, 4) is 0 Å². The zero-order valence-electron chi connectivity index (χ0n) is 13.1. The average molecular weight is 284 g/mol. The Bertz CT molecular complexity index is 645. The molecule has 4 heteroatoms. The predicted molar refractivity (Wildman–Crippen MR) is 89.8 cm³/mol. The molecule has 0 bridgehead atoms. The van der Waals surface area contributed by atoms with Gasteiger partial charge in [0, 0.05) is 47.1 Å². The lowest BCUT2D eigenvalue weighted by Gasteiger charge is -2.37. The summed E-state index contributed by atoms with van der Waals surface area (Å²) < 4.78 is 0. The highest BCUT2D eigenvalue weighted by Crippen LogP contribution is 2.32. The zero-order chi connectivity index (χ0) is 15.0. The number of nitrogens with two attached hydrogens (primary N) is 1. The summed E-state index contributed by atoms with van der Waals surface area (Å²) >= 11 is 0. The molecule has 4 nitrogen and oxygen atoms in total. The van der Waals surface area contributed by atoms with E-state index in [0.29, 0.717) is 6.04 Å². The molecule has 1 aromatic carbocycles. The Morgan fingerprint density at radius 1 is 1.24 bits per heavy atom. The van der Waals surface area contributed by atoms with E-state index < -0.39 is 0 Å². The molecule has 0 atom stereocenters. The molecule has 3 rings (SSSR count). The number of hydrogen-bond acceptors (Lipinski definition) is 4.